The van der Waals surface area contributed by atoms with E-state index in [2.05, 4.69) is 5.32 Å². The van der Waals surface area contributed by atoms with Gasteiger partial charge < -0.3 is 5.32 Å². The Kier molecular flexibility index (Phi) is 3.69. The predicted octanol–water partition coefficient (Wildman–Crippen LogP) is -1.23. The van der Waals surface area contributed by atoms with Crippen LogP contribution in [0.15, 0.2) is 0 Å². The summed E-state index contributed by atoms with van der Waals surface area (Å²) in [6.45, 7) is 1.68. The van der Waals surface area contributed by atoms with Crippen LogP contribution in [0.1, 0.15) is 13.3 Å². The van der Waals surface area contributed by atoms with Gasteiger partial charge in [0.1, 0.15) is 9.84 Å². The number of nitrogens with one attached hydrogen (secondary N) is 1. The van der Waals surface area contributed by atoms with Crippen molar-refractivity contribution in [2.45, 2.75) is 25.4 Å². The van der Waals surface area contributed by atoms with Crippen LogP contribution in [0.5, 0.6) is 0 Å². The molecule has 1 N–H and O–H groups in total. The number of likely N-dealkylation sites (N-methyl/N-ethyl adjacent to an activating group) is 1. The Hall–Kier alpha value is -0.950. The number of nitrogens with zero attached hydrogens (tertiary/aromatic N) is 1. The van der Waals surface area contributed by atoms with Gasteiger partial charge in [-0.2, -0.15) is 0 Å². The van der Waals surface area contributed by atoms with E-state index < -0.39 is 15.9 Å². The molecule has 2 amide bonds. The van der Waals surface area contributed by atoms with Crippen LogP contribution >= 0.6 is 0 Å². The summed E-state index contributed by atoms with van der Waals surface area (Å²) < 4.78 is 22.0. The fourth-order valence-electron chi connectivity index (χ4n) is 1.73. The molecular formula is C9H16N2O4S. The number of sulfone groups is 1. The Bertz CT molecular complexity index is 404. The first kappa shape index (κ1) is 13.1. The average Bonchev–Trinajstić information content (AvgIpc) is 2.30. The van der Waals surface area contributed by atoms with E-state index in [1.54, 1.807) is 6.92 Å². The van der Waals surface area contributed by atoms with Crippen molar-refractivity contribution in [1.29, 1.82) is 0 Å². The summed E-state index contributed by atoms with van der Waals surface area (Å²) in [5.74, 6) is -0.589. The molecule has 0 aromatic rings. The van der Waals surface area contributed by atoms with E-state index in [4.69, 9.17) is 0 Å². The molecule has 1 saturated heterocycles. The maximum atomic E-state index is 11.5. The van der Waals surface area contributed by atoms with Crippen molar-refractivity contribution >= 4 is 21.7 Å². The minimum absolute atomic E-state index is 0.0469. The molecule has 1 heterocycles. The Morgan fingerprint density at radius 3 is 2.44 bits per heavy atom. The summed E-state index contributed by atoms with van der Waals surface area (Å²) in [6, 6.07) is -0.933. The number of amides is 2. The highest BCUT2D eigenvalue weighted by Gasteiger charge is 2.36. The second-order valence-electron chi connectivity index (χ2n) is 4.21. The molecule has 0 aliphatic carbocycles. The van der Waals surface area contributed by atoms with Gasteiger partial charge in [0.2, 0.25) is 11.8 Å². The third-order valence-corrected chi connectivity index (χ3v) is 3.53. The van der Waals surface area contributed by atoms with Gasteiger partial charge in [-0.15, -0.1) is 0 Å². The molecule has 16 heavy (non-hydrogen) atoms. The van der Waals surface area contributed by atoms with Crippen molar-refractivity contribution in [3.05, 3.63) is 0 Å². The smallest absolute Gasteiger partial charge is 0.246 e. The van der Waals surface area contributed by atoms with Crippen molar-refractivity contribution in [2.75, 3.05) is 19.1 Å². The number of imide groups is 1. The number of rotatable bonds is 4. The van der Waals surface area contributed by atoms with Crippen molar-refractivity contribution in [1.82, 2.24) is 10.2 Å². The molecule has 0 bridgehead atoms. The van der Waals surface area contributed by atoms with Crippen LogP contribution in [0.2, 0.25) is 0 Å². The number of hydrogen-bond acceptors (Lipinski definition) is 5. The zero-order valence-corrected chi connectivity index (χ0v) is 10.4. The fourth-order valence-corrected chi connectivity index (χ4v) is 2.74. The maximum Gasteiger partial charge on any atom is 0.246 e. The van der Waals surface area contributed by atoms with E-state index >= 15 is 0 Å². The second-order valence-corrected chi connectivity index (χ2v) is 6.39. The molecule has 0 aromatic carbocycles. The normalized spacial score (nSPS) is 23.9. The molecule has 2 atom stereocenters. The molecule has 7 heteroatoms. The van der Waals surface area contributed by atoms with E-state index in [0.29, 0.717) is 0 Å². The molecule has 6 nitrogen and oxygen atoms in total. The van der Waals surface area contributed by atoms with Crippen molar-refractivity contribution in [3.8, 4) is 0 Å². The lowest BCUT2D eigenvalue weighted by molar-refractivity contribution is -0.137. The molecule has 1 rings (SSSR count). The standard InChI is InChI=1S/C9H16N2O4S/c1-6(5-16(3,14)15)10-7-4-8(12)11(2)9(7)13/h6-7,10H,4-5H2,1-3H3. The number of hydrogen-bond donors (Lipinski definition) is 1. The molecule has 1 fully saturated rings. The minimum Gasteiger partial charge on any atom is -0.302 e. The van der Waals surface area contributed by atoms with E-state index in [9.17, 15) is 18.0 Å². The van der Waals surface area contributed by atoms with Crippen molar-refractivity contribution in [2.24, 2.45) is 0 Å². The van der Waals surface area contributed by atoms with Crippen LogP contribution < -0.4 is 5.32 Å². The molecule has 0 spiro atoms. The zero-order chi connectivity index (χ0) is 12.5. The van der Waals surface area contributed by atoms with E-state index in [1.165, 1.54) is 7.05 Å². The first-order chi connectivity index (χ1) is 7.20. The monoisotopic (exact) mass is 248 g/mol. The summed E-state index contributed by atoms with van der Waals surface area (Å²) in [6.07, 6.45) is 1.24. The fraction of sp³-hybridized carbons (Fsp3) is 0.778. The lowest BCUT2D eigenvalue weighted by Gasteiger charge is -2.16. The molecule has 0 radical (unpaired) electrons. The Morgan fingerprint density at radius 1 is 1.50 bits per heavy atom. The molecule has 0 saturated carbocycles. The van der Waals surface area contributed by atoms with Crippen LogP contribution in [0.4, 0.5) is 0 Å². The van der Waals surface area contributed by atoms with Gasteiger partial charge in [0.05, 0.1) is 18.2 Å². The molecule has 92 valence electrons. The molecular weight excluding hydrogens is 232 g/mol. The largest absolute Gasteiger partial charge is 0.302 e. The summed E-state index contributed by atoms with van der Waals surface area (Å²) >= 11 is 0. The van der Waals surface area contributed by atoms with Crippen LogP contribution in [-0.2, 0) is 19.4 Å². The highest BCUT2D eigenvalue weighted by molar-refractivity contribution is 7.90. The summed E-state index contributed by atoms with van der Waals surface area (Å²) in [7, 11) is -1.66. The first-order valence-electron chi connectivity index (χ1n) is 4.95. The highest BCUT2D eigenvalue weighted by Crippen LogP contribution is 2.11. The molecule has 1 aliphatic rings. The lowest BCUT2D eigenvalue weighted by Crippen LogP contribution is -2.44. The van der Waals surface area contributed by atoms with Crippen LogP contribution in [0.25, 0.3) is 0 Å². The van der Waals surface area contributed by atoms with Gasteiger partial charge in [0.15, 0.2) is 0 Å². The first-order valence-corrected chi connectivity index (χ1v) is 7.01. The third-order valence-electron chi connectivity index (χ3n) is 2.42. The van der Waals surface area contributed by atoms with Crippen LogP contribution in [-0.4, -0.2) is 56.3 Å². The SMILES string of the molecule is CC(CS(C)(=O)=O)NC1CC(=O)N(C)C1=O. The molecule has 2 unspecified atom stereocenters. The van der Waals surface area contributed by atoms with Crippen molar-refractivity contribution in [3.63, 3.8) is 0 Å². The topological polar surface area (TPSA) is 83.6 Å². The minimum atomic E-state index is -3.08. The van der Waals surface area contributed by atoms with Gasteiger partial charge in [0.25, 0.3) is 0 Å². The van der Waals surface area contributed by atoms with E-state index in [0.717, 1.165) is 11.2 Å². The van der Waals surface area contributed by atoms with Crippen LogP contribution in [0.3, 0.4) is 0 Å². The predicted molar refractivity (Wildman–Crippen MR) is 58.5 cm³/mol. The van der Waals surface area contributed by atoms with Gasteiger partial charge in [-0.1, -0.05) is 0 Å². The van der Waals surface area contributed by atoms with Gasteiger partial charge in [0, 0.05) is 19.3 Å². The number of carbonyl (C=O) groups excluding carboxylic acids is 2. The third kappa shape index (κ3) is 3.28. The summed E-state index contributed by atoms with van der Waals surface area (Å²) in [4.78, 5) is 23.8. The quantitative estimate of drug-likeness (QED) is 0.630. The summed E-state index contributed by atoms with van der Waals surface area (Å²) in [5.41, 5.74) is 0. The Balaban J connectivity index is 2.56. The number of likely N-dealkylation sites (tertiary alicyclic amines) is 1. The van der Waals surface area contributed by atoms with Gasteiger partial charge in [-0.3, -0.25) is 14.5 Å². The van der Waals surface area contributed by atoms with Crippen LogP contribution in [0, 0.1) is 0 Å². The van der Waals surface area contributed by atoms with Gasteiger partial charge in [-0.25, -0.2) is 8.42 Å². The van der Waals surface area contributed by atoms with Gasteiger partial charge >= 0.3 is 0 Å². The second kappa shape index (κ2) is 4.50. The van der Waals surface area contributed by atoms with E-state index in [1.807, 2.05) is 0 Å². The molecule has 1 aliphatic heterocycles. The van der Waals surface area contributed by atoms with E-state index in [-0.39, 0.29) is 30.0 Å². The lowest BCUT2D eigenvalue weighted by atomic mass is 10.2. The average molecular weight is 248 g/mol. The highest BCUT2D eigenvalue weighted by atomic mass is 32.2. The van der Waals surface area contributed by atoms with Gasteiger partial charge in [-0.05, 0) is 6.92 Å². The molecule has 0 aromatic heterocycles. The Labute approximate surface area is 94.9 Å². The summed E-state index contributed by atoms with van der Waals surface area (Å²) in [5, 5.41) is 2.85. The van der Waals surface area contributed by atoms with Crippen molar-refractivity contribution < 1.29 is 18.0 Å². The zero-order valence-electron chi connectivity index (χ0n) is 9.56. The number of carbonyl (C=O) groups is 2. The maximum absolute atomic E-state index is 11.5. The Morgan fingerprint density at radius 2 is 2.06 bits per heavy atom.